The van der Waals surface area contributed by atoms with Gasteiger partial charge in [0.1, 0.15) is 17.9 Å². The number of nitrogens with two attached hydrogens (primary N) is 1. The van der Waals surface area contributed by atoms with Gasteiger partial charge in [0.05, 0.1) is 0 Å². The van der Waals surface area contributed by atoms with E-state index in [9.17, 15) is 14.4 Å². The Balaban J connectivity index is 2.15. The smallest absolute Gasteiger partial charge is 0.325 e. The summed E-state index contributed by atoms with van der Waals surface area (Å²) in [7, 11) is 0. The minimum absolute atomic E-state index is 0.192. The summed E-state index contributed by atoms with van der Waals surface area (Å²) >= 11 is 0. The molecular weight excluding hydrogens is 276 g/mol. The van der Waals surface area contributed by atoms with E-state index in [1.807, 2.05) is 4.98 Å². The highest BCUT2D eigenvalue weighted by molar-refractivity contribution is 6.03. The van der Waals surface area contributed by atoms with Gasteiger partial charge >= 0.3 is 5.69 Å². The van der Waals surface area contributed by atoms with Crippen LogP contribution in [-0.4, -0.2) is 29.0 Å². The molecule has 1 aromatic carbocycles. The first-order chi connectivity index (χ1) is 10.1. The number of rotatable bonds is 5. The summed E-state index contributed by atoms with van der Waals surface area (Å²) < 4.78 is 5.33. The first-order valence-corrected chi connectivity index (χ1v) is 6.16. The van der Waals surface area contributed by atoms with Crippen molar-refractivity contribution >= 4 is 11.6 Å². The minimum atomic E-state index is -0.758. The zero-order valence-corrected chi connectivity index (χ0v) is 11.0. The molecule has 1 heterocycles. The third kappa shape index (κ3) is 3.80. The average molecular weight is 290 g/mol. The largest absolute Gasteiger partial charge is 0.492 e. The second kappa shape index (κ2) is 6.53. The fraction of sp³-hybridized carbons (Fsp3) is 0.154. The van der Waals surface area contributed by atoms with E-state index in [1.54, 1.807) is 24.3 Å². The Morgan fingerprint density at radius 1 is 1.33 bits per heavy atom. The van der Waals surface area contributed by atoms with Crippen molar-refractivity contribution < 1.29 is 9.53 Å². The number of benzene rings is 1. The molecule has 1 amide bonds. The number of hydrogen-bond acceptors (Lipinski definition) is 5. The SMILES string of the molecule is NCCOc1cccc(NC(=O)c2c[nH]c(=O)[nH]c2=O)c1. The molecule has 8 nitrogen and oxygen atoms in total. The van der Waals surface area contributed by atoms with Gasteiger partial charge in [-0.3, -0.25) is 14.6 Å². The molecule has 0 saturated heterocycles. The maximum Gasteiger partial charge on any atom is 0.325 e. The topological polar surface area (TPSA) is 130 Å². The summed E-state index contributed by atoms with van der Waals surface area (Å²) in [4.78, 5) is 38.6. The number of H-pyrrole nitrogens is 2. The number of carbonyl (C=O) groups excluding carboxylic acids is 1. The number of amides is 1. The molecule has 0 bridgehead atoms. The molecule has 2 aromatic rings. The Labute approximate surface area is 119 Å². The number of nitrogens with one attached hydrogen (secondary N) is 3. The van der Waals surface area contributed by atoms with Crippen LogP contribution in [0, 0.1) is 0 Å². The van der Waals surface area contributed by atoms with Gasteiger partial charge in [-0.05, 0) is 12.1 Å². The van der Waals surface area contributed by atoms with E-state index in [1.165, 1.54) is 0 Å². The lowest BCUT2D eigenvalue weighted by Crippen LogP contribution is -2.29. The van der Waals surface area contributed by atoms with Gasteiger partial charge in [-0.15, -0.1) is 0 Å². The van der Waals surface area contributed by atoms with Crippen molar-refractivity contribution in [2.45, 2.75) is 0 Å². The van der Waals surface area contributed by atoms with Crippen LogP contribution < -0.4 is 27.0 Å². The summed E-state index contributed by atoms with van der Waals surface area (Å²) in [5.74, 6) is -0.0860. The van der Waals surface area contributed by atoms with Crippen LogP contribution in [0.25, 0.3) is 0 Å². The predicted molar refractivity (Wildman–Crippen MR) is 76.6 cm³/mol. The highest BCUT2D eigenvalue weighted by Gasteiger charge is 2.11. The van der Waals surface area contributed by atoms with Gasteiger partial charge in [-0.1, -0.05) is 6.07 Å². The molecular formula is C13H14N4O4. The molecule has 0 aliphatic rings. The lowest BCUT2D eigenvalue weighted by atomic mass is 10.2. The molecule has 0 unspecified atom stereocenters. The van der Waals surface area contributed by atoms with E-state index in [-0.39, 0.29) is 5.56 Å². The minimum Gasteiger partial charge on any atom is -0.492 e. The first-order valence-electron chi connectivity index (χ1n) is 6.16. The molecule has 1 aromatic heterocycles. The molecule has 0 atom stereocenters. The molecule has 21 heavy (non-hydrogen) atoms. The summed E-state index contributed by atoms with van der Waals surface area (Å²) in [5, 5.41) is 2.54. The Morgan fingerprint density at radius 2 is 2.14 bits per heavy atom. The monoisotopic (exact) mass is 290 g/mol. The van der Waals surface area contributed by atoms with E-state index in [4.69, 9.17) is 10.5 Å². The maximum atomic E-state index is 12.0. The van der Waals surface area contributed by atoms with Gasteiger partial charge in [-0.2, -0.15) is 0 Å². The van der Waals surface area contributed by atoms with Crippen LogP contribution in [0.15, 0.2) is 40.1 Å². The number of hydrogen-bond donors (Lipinski definition) is 4. The zero-order chi connectivity index (χ0) is 15.2. The van der Waals surface area contributed by atoms with E-state index in [0.717, 1.165) is 6.20 Å². The van der Waals surface area contributed by atoms with Crippen LogP contribution in [-0.2, 0) is 0 Å². The Bertz CT molecular complexity index is 750. The fourth-order valence-electron chi connectivity index (χ4n) is 1.62. The van der Waals surface area contributed by atoms with E-state index in [0.29, 0.717) is 24.6 Å². The summed E-state index contributed by atoms with van der Waals surface area (Å²) in [5.41, 5.74) is 4.17. The van der Waals surface area contributed by atoms with Crippen molar-refractivity contribution in [1.29, 1.82) is 0 Å². The average Bonchev–Trinajstić information content (AvgIpc) is 2.45. The van der Waals surface area contributed by atoms with Crippen LogP contribution in [0.5, 0.6) is 5.75 Å². The van der Waals surface area contributed by atoms with Crippen molar-refractivity contribution in [3.8, 4) is 5.75 Å². The first kappa shape index (κ1) is 14.5. The van der Waals surface area contributed by atoms with E-state index >= 15 is 0 Å². The molecule has 8 heteroatoms. The quantitative estimate of drug-likeness (QED) is 0.598. The molecule has 110 valence electrons. The Morgan fingerprint density at radius 3 is 2.86 bits per heavy atom. The van der Waals surface area contributed by atoms with Crippen LogP contribution in [0.1, 0.15) is 10.4 Å². The Hall–Kier alpha value is -2.87. The lowest BCUT2D eigenvalue weighted by Gasteiger charge is -2.08. The molecule has 0 spiro atoms. The molecule has 0 aliphatic carbocycles. The summed E-state index contributed by atoms with van der Waals surface area (Å²) in [6.07, 6.45) is 1.06. The third-order valence-corrected chi connectivity index (χ3v) is 2.54. The van der Waals surface area contributed by atoms with Crippen LogP contribution in [0.4, 0.5) is 5.69 Å². The predicted octanol–water partition coefficient (Wildman–Crippen LogP) is -0.347. The standard InChI is InChI=1S/C13H14N4O4/c14-4-5-21-9-3-1-2-8(6-9)16-11(18)10-7-15-13(20)17-12(10)19/h1-3,6-7H,4-5,14H2,(H,16,18)(H2,15,17,19,20). The van der Waals surface area contributed by atoms with Crippen LogP contribution >= 0.6 is 0 Å². The van der Waals surface area contributed by atoms with Gasteiger partial charge in [0, 0.05) is 24.5 Å². The van der Waals surface area contributed by atoms with Crippen molar-refractivity contribution in [3.05, 3.63) is 56.9 Å². The van der Waals surface area contributed by atoms with Crippen molar-refractivity contribution in [1.82, 2.24) is 9.97 Å². The second-order valence-corrected chi connectivity index (χ2v) is 4.10. The number of ether oxygens (including phenoxy) is 1. The number of aromatic amines is 2. The molecule has 2 rings (SSSR count). The molecule has 0 saturated carbocycles. The van der Waals surface area contributed by atoms with Gasteiger partial charge in [0.15, 0.2) is 0 Å². The highest BCUT2D eigenvalue weighted by atomic mass is 16.5. The second-order valence-electron chi connectivity index (χ2n) is 4.10. The number of carbonyl (C=O) groups is 1. The normalized spacial score (nSPS) is 10.1. The van der Waals surface area contributed by atoms with Crippen molar-refractivity contribution in [2.75, 3.05) is 18.5 Å². The van der Waals surface area contributed by atoms with Crippen LogP contribution in [0.2, 0.25) is 0 Å². The zero-order valence-electron chi connectivity index (χ0n) is 11.0. The van der Waals surface area contributed by atoms with Gasteiger partial charge in [0.25, 0.3) is 11.5 Å². The molecule has 0 radical (unpaired) electrons. The van der Waals surface area contributed by atoms with E-state index in [2.05, 4.69) is 10.3 Å². The lowest BCUT2D eigenvalue weighted by molar-refractivity contribution is 0.102. The molecule has 0 fully saturated rings. The number of aromatic nitrogens is 2. The summed E-state index contributed by atoms with van der Waals surface area (Å²) in [6.45, 7) is 0.736. The van der Waals surface area contributed by atoms with Gasteiger partial charge in [-0.25, -0.2) is 4.79 Å². The van der Waals surface area contributed by atoms with E-state index < -0.39 is 17.2 Å². The van der Waals surface area contributed by atoms with Crippen molar-refractivity contribution in [2.24, 2.45) is 5.73 Å². The third-order valence-electron chi connectivity index (χ3n) is 2.54. The molecule has 5 N–H and O–H groups in total. The highest BCUT2D eigenvalue weighted by Crippen LogP contribution is 2.17. The maximum absolute atomic E-state index is 12.0. The Kier molecular flexibility index (Phi) is 4.52. The number of anilines is 1. The van der Waals surface area contributed by atoms with Crippen molar-refractivity contribution in [3.63, 3.8) is 0 Å². The van der Waals surface area contributed by atoms with Crippen LogP contribution in [0.3, 0.4) is 0 Å². The molecule has 0 aliphatic heterocycles. The van der Waals surface area contributed by atoms with Gasteiger partial charge in [0.2, 0.25) is 0 Å². The summed E-state index contributed by atoms with van der Waals surface area (Å²) in [6, 6.07) is 6.66. The van der Waals surface area contributed by atoms with Gasteiger partial charge < -0.3 is 20.8 Å². The fourth-order valence-corrected chi connectivity index (χ4v) is 1.62.